The van der Waals surface area contributed by atoms with Crippen LogP contribution in [-0.4, -0.2) is 69.0 Å². The van der Waals surface area contributed by atoms with E-state index in [1.807, 2.05) is 13.8 Å². The molecule has 2 aromatic rings. The molecule has 3 atom stereocenters. The van der Waals surface area contributed by atoms with E-state index in [9.17, 15) is 19.5 Å². The number of methoxy groups -OCH3 is 2. The highest BCUT2D eigenvalue weighted by Crippen LogP contribution is 2.45. The van der Waals surface area contributed by atoms with E-state index >= 15 is 0 Å². The molecule has 1 heterocycles. The van der Waals surface area contributed by atoms with Gasteiger partial charge in [-0.3, -0.25) is 9.59 Å². The number of benzene rings is 2. The van der Waals surface area contributed by atoms with Gasteiger partial charge >= 0.3 is 5.97 Å². The second-order valence-corrected chi connectivity index (χ2v) is 10.7. The first-order valence-electron chi connectivity index (χ1n) is 13.0. The maximum atomic E-state index is 14.1. The Morgan fingerprint density at radius 1 is 1.18 bits per heavy atom. The van der Waals surface area contributed by atoms with Crippen molar-refractivity contribution in [2.75, 3.05) is 38.9 Å². The third kappa shape index (κ3) is 7.04. The third-order valence-electron chi connectivity index (χ3n) is 6.52. The monoisotopic (exact) mass is 576 g/mol. The van der Waals surface area contributed by atoms with Crippen molar-refractivity contribution in [3.8, 4) is 11.5 Å². The van der Waals surface area contributed by atoms with Crippen molar-refractivity contribution in [3.63, 3.8) is 0 Å². The minimum Gasteiger partial charge on any atom is -0.493 e. The van der Waals surface area contributed by atoms with Gasteiger partial charge in [0.05, 0.1) is 27.2 Å². The highest BCUT2D eigenvalue weighted by atomic mass is 35.5. The number of hydrogen-bond donors (Lipinski definition) is 2. The molecule has 0 bridgehead atoms. The number of esters is 1. The quantitative estimate of drug-likeness (QED) is 0.389. The molecule has 0 radical (unpaired) electrons. The number of fused-ring (bicyclic) bond motifs is 1. The SMILES string of the molecule is CCOC(=O)[C@@H](C)NC(=O)C[C@H]1O[C@H](c2cccc(OC)c2OC)c2cc(Cl)ccc2N(CC(C)(C)CO)C1=O. The first-order chi connectivity index (χ1) is 19.0. The molecule has 2 N–H and O–H groups in total. The lowest BCUT2D eigenvalue weighted by Gasteiger charge is -2.32. The van der Waals surface area contributed by atoms with Gasteiger partial charge in [0.25, 0.3) is 5.91 Å². The molecule has 2 amide bonds. The molecule has 0 saturated carbocycles. The number of carbonyl (C=O) groups is 3. The summed E-state index contributed by atoms with van der Waals surface area (Å²) >= 11 is 6.43. The first-order valence-corrected chi connectivity index (χ1v) is 13.4. The van der Waals surface area contributed by atoms with Crippen LogP contribution in [0.2, 0.25) is 5.02 Å². The van der Waals surface area contributed by atoms with E-state index in [4.69, 9.17) is 30.5 Å². The number of hydrogen-bond acceptors (Lipinski definition) is 8. The van der Waals surface area contributed by atoms with Crippen LogP contribution in [0.1, 0.15) is 51.3 Å². The van der Waals surface area contributed by atoms with Crippen LogP contribution in [0.25, 0.3) is 0 Å². The van der Waals surface area contributed by atoms with Gasteiger partial charge in [0.1, 0.15) is 18.2 Å². The van der Waals surface area contributed by atoms with Crippen LogP contribution in [0.4, 0.5) is 5.69 Å². The predicted molar refractivity (Wildman–Crippen MR) is 150 cm³/mol. The summed E-state index contributed by atoms with van der Waals surface area (Å²) in [7, 11) is 3.01. The fraction of sp³-hybridized carbons (Fsp3) is 0.483. The number of nitrogens with zero attached hydrogens (tertiary/aromatic N) is 1. The first kappa shape index (κ1) is 31.2. The molecular formula is C29H37ClN2O8. The zero-order valence-corrected chi connectivity index (χ0v) is 24.4. The molecular weight excluding hydrogens is 540 g/mol. The Kier molecular flexibility index (Phi) is 10.4. The van der Waals surface area contributed by atoms with Crippen LogP contribution in [0, 0.1) is 5.41 Å². The zero-order chi connectivity index (χ0) is 29.6. The second-order valence-electron chi connectivity index (χ2n) is 10.3. The molecule has 1 aliphatic heterocycles. The fourth-order valence-corrected chi connectivity index (χ4v) is 4.68. The van der Waals surface area contributed by atoms with Crippen molar-refractivity contribution in [1.82, 2.24) is 5.32 Å². The molecule has 0 fully saturated rings. The molecule has 0 spiro atoms. The van der Waals surface area contributed by atoms with Crippen LogP contribution < -0.4 is 19.7 Å². The molecule has 0 aliphatic carbocycles. The van der Waals surface area contributed by atoms with Gasteiger partial charge in [-0.15, -0.1) is 0 Å². The Morgan fingerprint density at radius 2 is 1.90 bits per heavy atom. The van der Waals surface area contributed by atoms with Gasteiger partial charge < -0.3 is 34.3 Å². The van der Waals surface area contributed by atoms with Gasteiger partial charge in [0, 0.05) is 40.4 Å². The van der Waals surface area contributed by atoms with Crippen LogP contribution in [0.3, 0.4) is 0 Å². The molecule has 10 nitrogen and oxygen atoms in total. The molecule has 2 aromatic carbocycles. The van der Waals surface area contributed by atoms with E-state index in [2.05, 4.69) is 5.32 Å². The Bertz CT molecular complexity index is 1230. The highest BCUT2D eigenvalue weighted by molar-refractivity contribution is 6.30. The normalized spacial score (nSPS) is 17.9. The number of rotatable bonds is 11. The van der Waals surface area contributed by atoms with Crippen LogP contribution >= 0.6 is 11.6 Å². The minimum atomic E-state index is -1.25. The predicted octanol–water partition coefficient (Wildman–Crippen LogP) is 3.65. The van der Waals surface area contributed by atoms with E-state index < -0.39 is 41.4 Å². The maximum absolute atomic E-state index is 14.1. The van der Waals surface area contributed by atoms with Crippen molar-refractivity contribution in [2.24, 2.45) is 5.41 Å². The summed E-state index contributed by atoms with van der Waals surface area (Å²) in [6, 6.07) is 9.47. The summed E-state index contributed by atoms with van der Waals surface area (Å²) in [5.41, 5.74) is 0.981. The van der Waals surface area contributed by atoms with Crippen molar-refractivity contribution in [1.29, 1.82) is 0 Å². The average molecular weight is 577 g/mol. The highest BCUT2D eigenvalue weighted by Gasteiger charge is 2.41. The molecule has 0 aromatic heterocycles. The molecule has 0 saturated heterocycles. The van der Waals surface area contributed by atoms with E-state index in [1.54, 1.807) is 43.3 Å². The van der Waals surface area contributed by atoms with Gasteiger partial charge in [-0.05, 0) is 38.1 Å². The van der Waals surface area contributed by atoms with Crippen LogP contribution in [0.5, 0.6) is 11.5 Å². The van der Waals surface area contributed by atoms with E-state index in [1.165, 1.54) is 26.0 Å². The molecule has 40 heavy (non-hydrogen) atoms. The lowest BCUT2D eigenvalue weighted by Crippen LogP contribution is -2.47. The van der Waals surface area contributed by atoms with E-state index in [-0.39, 0.29) is 26.2 Å². The number of nitrogens with one attached hydrogen (secondary N) is 1. The number of ether oxygens (including phenoxy) is 4. The number of aliphatic hydroxyl groups excluding tert-OH is 1. The number of para-hydroxylation sites is 1. The minimum absolute atomic E-state index is 0.139. The second kappa shape index (κ2) is 13.3. The molecule has 3 rings (SSSR count). The fourth-order valence-electron chi connectivity index (χ4n) is 4.50. The Hall–Kier alpha value is -3.34. The summed E-state index contributed by atoms with van der Waals surface area (Å²) in [4.78, 5) is 40.7. The lowest BCUT2D eigenvalue weighted by molar-refractivity contribution is -0.147. The maximum Gasteiger partial charge on any atom is 0.328 e. The standard InChI is InChI=1S/C29H37ClN2O8/c1-7-39-28(36)17(2)31-24(34)14-23-27(35)32(15-29(3,4)16-33)21-12-11-18(30)13-20(21)25(40-23)19-9-8-10-22(37-5)26(19)38-6/h8-13,17,23,25,33H,7,14-16H2,1-6H3,(H,31,34)/t17-,23-,25-/m1/s1. The van der Waals surface area contributed by atoms with Gasteiger partial charge in [0.2, 0.25) is 5.91 Å². The Labute approximate surface area is 239 Å². The number of amides is 2. The number of halogens is 1. The number of carbonyl (C=O) groups excluding carboxylic acids is 3. The van der Waals surface area contributed by atoms with Gasteiger partial charge in [-0.1, -0.05) is 37.6 Å². The summed E-state index contributed by atoms with van der Waals surface area (Å²) in [5, 5.41) is 13.0. The van der Waals surface area contributed by atoms with E-state index in [0.29, 0.717) is 33.3 Å². The summed E-state index contributed by atoms with van der Waals surface area (Å²) < 4.78 is 22.6. The smallest absolute Gasteiger partial charge is 0.328 e. The Balaban J connectivity index is 2.13. The van der Waals surface area contributed by atoms with Crippen molar-refractivity contribution in [2.45, 2.75) is 52.4 Å². The van der Waals surface area contributed by atoms with Crippen molar-refractivity contribution in [3.05, 3.63) is 52.5 Å². The van der Waals surface area contributed by atoms with Crippen LogP contribution in [0.15, 0.2) is 36.4 Å². The van der Waals surface area contributed by atoms with E-state index in [0.717, 1.165) is 0 Å². The van der Waals surface area contributed by atoms with Crippen molar-refractivity contribution < 1.29 is 38.4 Å². The summed E-state index contributed by atoms with van der Waals surface area (Å²) in [5.74, 6) is -0.777. The number of aliphatic hydroxyl groups is 1. The van der Waals surface area contributed by atoms with Gasteiger partial charge in [-0.2, -0.15) is 0 Å². The summed E-state index contributed by atoms with van der Waals surface area (Å²) in [6.07, 6.45) is -2.51. The average Bonchev–Trinajstić information content (AvgIpc) is 3.02. The number of anilines is 1. The molecule has 0 unspecified atom stereocenters. The molecule has 11 heteroatoms. The van der Waals surface area contributed by atoms with Crippen LogP contribution in [-0.2, 0) is 23.9 Å². The lowest BCUT2D eigenvalue weighted by atomic mass is 9.92. The Morgan fingerprint density at radius 3 is 2.52 bits per heavy atom. The third-order valence-corrected chi connectivity index (χ3v) is 6.76. The zero-order valence-electron chi connectivity index (χ0n) is 23.7. The van der Waals surface area contributed by atoms with Gasteiger partial charge in [-0.25, -0.2) is 4.79 Å². The topological polar surface area (TPSA) is 124 Å². The largest absolute Gasteiger partial charge is 0.493 e. The van der Waals surface area contributed by atoms with Crippen molar-refractivity contribution >= 4 is 35.1 Å². The van der Waals surface area contributed by atoms with Gasteiger partial charge in [0.15, 0.2) is 11.5 Å². The summed E-state index contributed by atoms with van der Waals surface area (Å²) in [6.45, 7) is 6.95. The molecule has 1 aliphatic rings. The molecule has 218 valence electrons.